The molecule has 1 saturated heterocycles. The van der Waals surface area contributed by atoms with Crippen molar-refractivity contribution in [1.82, 2.24) is 5.32 Å². The van der Waals surface area contributed by atoms with Gasteiger partial charge in [-0.15, -0.1) is 0 Å². The number of nitrogens with zero attached hydrogens (tertiary/aromatic N) is 2. The van der Waals surface area contributed by atoms with Gasteiger partial charge in [-0.25, -0.2) is 4.79 Å². The van der Waals surface area contributed by atoms with Gasteiger partial charge in [0.15, 0.2) is 0 Å². The number of carboxylic acid groups (broad SMARTS) is 1. The summed E-state index contributed by atoms with van der Waals surface area (Å²) in [6.45, 7) is 3.40. The molecule has 2 unspecified atom stereocenters. The Balaban J connectivity index is 2.79. The minimum Gasteiger partial charge on any atom is -0.472 e. The van der Waals surface area contributed by atoms with Gasteiger partial charge in [0.2, 0.25) is 5.91 Å². The topological polar surface area (TPSA) is 129 Å². The number of hydrogen-bond donors (Lipinski definition) is 2. The van der Waals surface area contributed by atoms with Gasteiger partial charge in [-0.3, -0.25) is 9.59 Å². The highest BCUT2D eigenvalue weighted by molar-refractivity contribution is 6.62. The van der Waals surface area contributed by atoms with Gasteiger partial charge in [-0.1, -0.05) is 0 Å². The monoisotopic (exact) mass is 269 g/mol. The standard InChI is InChI=1S/C11H15N3O5/c1-11(2,19-3)7-5(13-9(7)16)4-6(15)8(14-12)10(17)18/h5,7H,4H2,1-3H3,(H,13,16)(H,17,18). The number of nitrogens with one attached hydrogen (secondary N) is 1. The molecule has 0 aromatic heterocycles. The molecule has 0 aromatic rings. The first-order valence-corrected chi connectivity index (χ1v) is 5.58. The molecule has 19 heavy (non-hydrogen) atoms. The van der Waals surface area contributed by atoms with E-state index in [1.54, 1.807) is 13.8 Å². The Morgan fingerprint density at radius 1 is 1.53 bits per heavy atom. The fourth-order valence-corrected chi connectivity index (χ4v) is 2.05. The van der Waals surface area contributed by atoms with E-state index < -0.39 is 35.0 Å². The predicted molar refractivity (Wildman–Crippen MR) is 62.4 cm³/mol. The molecular formula is C11H15N3O5. The highest BCUT2D eigenvalue weighted by Gasteiger charge is 2.51. The van der Waals surface area contributed by atoms with Crippen molar-refractivity contribution in [2.24, 2.45) is 5.92 Å². The van der Waals surface area contributed by atoms with Crippen LogP contribution in [0.15, 0.2) is 0 Å². The molecule has 2 N–H and O–H groups in total. The predicted octanol–water partition coefficient (Wildman–Crippen LogP) is -0.759. The summed E-state index contributed by atoms with van der Waals surface area (Å²) >= 11 is 0. The third-order valence-corrected chi connectivity index (χ3v) is 3.26. The van der Waals surface area contributed by atoms with Crippen molar-refractivity contribution in [1.29, 1.82) is 0 Å². The lowest BCUT2D eigenvalue weighted by atomic mass is 9.75. The Labute approximate surface area is 109 Å². The van der Waals surface area contributed by atoms with Crippen LogP contribution in [0.25, 0.3) is 5.53 Å². The number of methoxy groups -OCH3 is 1. The van der Waals surface area contributed by atoms with Gasteiger partial charge in [0.1, 0.15) is 0 Å². The Bertz CT molecular complexity index is 479. The van der Waals surface area contributed by atoms with E-state index >= 15 is 0 Å². The summed E-state index contributed by atoms with van der Waals surface area (Å²) in [6.07, 6.45) is -0.255. The first-order valence-electron chi connectivity index (χ1n) is 5.58. The van der Waals surface area contributed by atoms with Gasteiger partial charge < -0.3 is 20.7 Å². The number of carbonyl (C=O) groups is 3. The summed E-state index contributed by atoms with van der Waals surface area (Å²) in [6, 6.07) is -0.536. The van der Waals surface area contributed by atoms with E-state index in [1.807, 2.05) is 0 Å². The van der Waals surface area contributed by atoms with Crippen LogP contribution in [0.2, 0.25) is 0 Å². The van der Waals surface area contributed by atoms with Crippen LogP contribution in [-0.2, 0) is 19.1 Å². The molecule has 1 aliphatic rings. The highest BCUT2D eigenvalue weighted by Crippen LogP contribution is 2.31. The third kappa shape index (κ3) is 2.86. The van der Waals surface area contributed by atoms with Crippen LogP contribution in [0, 0.1) is 5.92 Å². The smallest absolute Gasteiger partial charge is 0.441 e. The van der Waals surface area contributed by atoms with E-state index in [4.69, 9.17) is 15.4 Å². The second kappa shape index (κ2) is 5.29. The number of hydrogen-bond acceptors (Lipinski definition) is 4. The van der Waals surface area contributed by atoms with Crippen LogP contribution in [-0.4, -0.2) is 52.0 Å². The second-order valence-electron chi connectivity index (χ2n) is 4.78. The summed E-state index contributed by atoms with van der Waals surface area (Å²) in [7, 11) is 1.45. The fraction of sp³-hybridized carbons (Fsp3) is 0.636. The minimum atomic E-state index is -1.61. The molecule has 0 radical (unpaired) electrons. The molecule has 0 aliphatic carbocycles. The van der Waals surface area contributed by atoms with Crippen molar-refractivity contribution in [3.05, 3.63) is 5.53 Å². The summed E-state index contributed by atoms with van der Waals surface area (Å²) in [5.74, 6) is -3.28. The first kappa shape index (κ1) is 15.0. The van der Waals surface area contributed by atoms with Gasteiger partial charge in [0.05, 0.1) is 17.6 Å². The molecule has 0 spiro atoms. The molecular weight excluding hydrogens is 254 g/mol. The Morgan fingerprint density at radius 3 is 2.47 bits per heavy atom. The van der Waals surface area contributed by atoms with Gasteiger partial charge in [-0.05, 0) is 13.8 Å². The van der Waals surface area contributed by atoms with Crippen molar-refractivity contribution in [3.8, 4) is 0 Å². The maximum atomic E-state index is 11.6. The molecule has 1 heterocycles. The molecule has 8 nitrogen and oxygen atoms in total. The van der Waals surface area contributed by atoms with Crippen molar-refractivity contribution in [2.75, 3.05) is 7.11 Å². The number of amides is 1. The van der Waals surface area contributed by atoms with Crippen LogP contribution < -0.4 is 5.32 Å². The Morgan fingerprint density at radius 2 is 2.11 bits per heavy atom. The molecule has 1 amide bonds. The van der Waals surface area contributed by atoms with Gasteiger partial charge in [0, 0.05) is 13.5 Å². The van der Waals surface area contributed by atoms with E-state index in [0.717, 1.165) is 0 Å². The SMILES string of the molecule is COC(C)(C)C1C(=O)NC1CC(=O)C(=[N+]=[N-])C(=O)O. The quantitative estimate of drug-likeness (QED) is 0.215. The van der Waals surface area contributed by atoms with E-state index in [0.29, 0.717) is 0 Å². The molecule has 0 saturated carbocycles. The van der Waals surface area contributed by atoms with Gasteiger partial charge >= 0.3 is 11.7 Å². The molecule has 1 fully saturated rings. The summed E-state index contributed by atoms with van der Waals surface area (Å²) in [4.78, 5) is 36.2. The number of Topliss-reactive ketones (excluding diaryl/α,β-unsaturated/α-hetero) is 1. The highest BCUT2D eigenvalue weighted by atomic mass is 16.5. The van der Waals surface area contributed by atoms with Gasteiger partial charge in [0.25, 0.3) is 5.78 Å². The molecule has 2 atom stereocenters. The van der Waals surface area contributed by atoms with Crippen molar-refractivity contribution in [2.45, 2.75) is 31.9 Å². The van der Waals surface area contributed by atoms with Crippen molar-refractivity contribution >= 4 is 23.4 Å². The minimum absolute atomic E-state index is 0.255. The van der Waals surface area contributed by atoms with Crippen LogP contribution >= 0.6 is 0 Å². The Hall–Kier alpha value is -2.05. The number of β-lactam (4-membered cyclic amide) rings is 1. The lowest BCUT2D eigenvalue weighted by molar-refractivity contribution is -0.152. The molecule has 0 aromatic carbocycles. The van der Waals surface area contributed by atoms with E-state index in [1.165, 1.54) is 7.11 Å². The number of ketones is 1. The van der Waals surface area contributed by atoms with E-state index in [9.17, 15) is 14.4 Å². The van der Waals surface area contributed by atoms with Gasteiger partial charge in [-0.2, -0.15) is 4.79 Å². The zero-order valence-corrected chi connectivity index (χ0v) is 10.8. The number of aliphatic carboxylic acids is 1. The fourth-order valence-electron chi connectivity index (χ4n) is 2.05. The van der Waals surface area contributed by atoms with Crippen LogP contribution in [0.4, 0.5) is 0 Å². The summed E-state index contributed by atoms with van der Waals surface area (Å²) in [5, 5.41) is 11.2. The zero-order chi connectivity index (χ0) is 14.8. The number of carboxylic acids is 1. The molecule has 8 heteroatoms. The maximum Gasteiger partial charge on any atom is 0.441 e. The molecule has 104 valence electrons. The molecule has 1 rings (SSSR count). The van der Waals surface area contributed by atoms with E-state index in [-0.39, 0.29) is 12.3 Å². The summed E-state index contributed by atoms with van der Waals surface area (Å²) in [5.41, 5.74) is 6.75. The van der Waals surface area contributed by atoms with Crippen molar-refractivity contribution < 1.29 is 29.0 Å². The largest absolute Gasteiger partial charge is 0.472 e. The molecule has 1 aliphatic heterocycles. The van der Waals surface area contributed by atoms with Crippen molar-refractivity contribution in [3.63, 3.8) is 0 Å². The normalized spacial score (nSPS) is 21.9. The number of rotatable bonds is 6. The molecule has 0 bridgehead atoms. The zero-order valence-electron chi connectivity index (χ0n) is 10.8. The lowest BCUT2D eigenvalue weighted by Gasteiger charge is -2.44. The average Bonchev–Trinajstić information content (AvgIpc) is 2.27. The third-order valence-electron chi connectivity index (χ3n) is 3.26. The van der Waals surface area contributed by atoms with E-state index in [2.05, 4.69) is 10.1 Å². The lowest BCUT2D eigenvalue weighted by Crippen LogP contribution is -2.66. The Kier molecular flexibility index (Phi) is 4.18. The van der Waals surface area contributed by atoms with Crippen LogP contribution in [0.5, 0.6) is 0 Å². The second-order valence-corrected chi connectivity index (χ2v) is 4.78. The van der Waals surface area contributed by atoms with Crippen LogP contribution in [0.3, 0.4) is 0 Å². The first-order chi connectivity index (χ1) is 8.74. The average molecular weight is 269 g/mol. The number of carbonyl (C=O) groups excluding carboxylic acids is 2. The summed E-state index contributed by atoms with van der Waals surface area (Å²) < 4.78 is 5.19. The maximum absolute atomic E-state index is 11.6. The van der Waals surface area contributed by atoms with Crippen LogP contribution in [0.1, 0.15) is 20.3 Å². The number of ether oxygens (including phenoxy) is 1.